The van der Waals surface area contributed by atoms with E-state index >= 15 is 0 Å². The number of anilines is 3. The van der Waals surface area contributed by atoms with E-state index in [9.17, 15) is 13.2 Å². The molecule has 0 aliphatic carbocycles. The lowest BCUT2D eigenvalue weighted by Gasteiger charge is -2.16. The third-order valence-electron chi connectivity index (χ3n) is 3.18. The highest BCUT2D eigenvalue weighted by molar-refractivity contribution is 5.77. The zero-order valence-electron chi connectivity index (χ0n) is 11.6. The van der Waals surface area contributed by atoms with Crippen LogP contribution in [0.1, 0.15) is 18.1 Å². The molecular formula is C15H15F3N2O. The van der Waals surface area contributed by atoms with Crippen LogP contribution in [0.5, 0.6) is 0 Å². The standard InChI is InChI=1S/C15H15F3N2O/c1-3-9-7-11(17)13(18)15(14(9)20-21)19-12-5-4-8(2)6-10(12)16/h4-7,19-21H,3H2,1-2H3. The number of benzene rings is 2. The Hall–Kier alpha value is -2.21. The summed E-state index contributed by atoms with van der Waals surface area (Å²) in [5.74, 6) is -2.86. The van der Waals surface area contributed by atoms with Crippen molar-refractivity contribution >= 4 is 17.1 Å². The zero-order chi connectivity index (χ0) is 15.6. The normalized spacial score (nSPS) is 10.6. The van der Waals surface area contributed by atoms with Crippen molar-refractivity contribution in [3.05, 3.63) is 52.8 Å². The van der Waals surface area contributed by atoms with Crippen molar-refractivity contribution in [1.29, 1.82) is 0 Å². The van der Waals surface area contributed by atoms with Crippen LogP contribution in [0.15, 0.2) is 24.3 Å². The van der Waals surface area contributed by atoms with E-state index in [-0.39, 0.29) is 17.1 Å². The first-order valence-electron chi connectivity index (χ1n) is 6.42. The molecule has 0 bridgehead atoms. The molecule has 0 heterocycles. The number of halogens is 3. The summed E-state index contributed by atoms with van der Waals surface area (Å²) >= 11 is 0. The van der Waals surface area contributed by atoms with Crippen LogP contribution in [0.2, 0.25) is 0 Å². The molecule has 0 unspecified atom stereocenters. The molecule has 0 spiro atoms. The highest BCUT2D eigenvalue weighted by atomic mass is 19.2. The van der Waals surface area contributed by atoms with Crippen LogP contribution in [-0.4, -0.2) is 5.21 Å². The largest absolute Gasteiger partial charge is 0.349 e. The lowest BCUT2D eigenvalue weighted by atomic mass is 10.1. The Morgan fingerprint density at radius 1 is 1.05 bits per heavy atom. The van der Waals surface area contributed by atoms with Gasteiger partial charge in [-0.05, 0) is 42.7 Å². The predicted molar refractivity (Wildman–Crippen MR) is 75.6 cm³/mol. The van der Waals surface area contributed by atoms with Gasteiger partial charge >= 0.3 is 0 Å². The molecule has 2 rings (SSSR count). The average molecular weight is 296 g/mol. The van der Waals surface area contributed by atoms with Crippen LogP contribution in [0.4, 0.5) is 30.2 Å². The Morgan fingerprint density at radius 3 is 2.33 bits per heavy atom. The Morgan fingerprint density at radius 2 is 1.76 bits per heavy atom. The van der Waals surface area contributed by atoms with Crippen molar-refractivity contribution in [1.82, 2.24) is 0 Å². The minimum Gasteiger partial charge on any atom is -0.349 e. The summed E-state index contributed by atoms with van der Waals surface area (Å²) in [4.78, 5) is 0. The van der Waals surface area contributed by atoms with Crippen molar-refractivity contribution in [2.75, 3.05) is 10.8 Å². The van der Waals surface area contributed by atoms with E-state index < -0.39 is 17.5 Å². The molecule has 0 aliphatic heterocycles. The highest BCUT2D eigenvalue weighted by Gasteiger charge is 2.19. The molecule has 0 radical (unpaired) electrons. The average Bonchev–Trinajstić information content (AvgIpc) is 2.46. The van der Waals surface area contributed by atoms with Crippen molar-refractivity contribution in [3.63, 3.8) is 0 Å². The molecule has 2 aromatic carbocycles. The minimum atomic E-state index is -1.19. The third kappa shape index (κ3) is 2.95. The second kappa shape index (κ2) is 6.05. The predicted octanol–water partition coefficient (Wildman–Crippen LogP) is 4.52. The van der Waals surface area contributed by atoms with Crippen LogP contribution in [0.3, 0.4) is 0 Å². The first-order valence-corrected chi connectivity index (χ1v) is 6.42. The highest BCUT2D eigenvalue weighted by Crippen LogP contribution is 2.34. The molecule has 6 heteroatoms. The molecule has 3 N–H and O–H groups in total. The Balaban J connectivity index is 2.54. The molecule has 0 amide bonds. The maximum absolute atomic E-state index is 14.0. The van der Waals surface area contributed by atoms with Crippen LogP contribution in [-0.2, 0) is 6.42 Å². The van der Waals surface area contributed by atoms with Gasteiger partial charge in [0.05, 0.1) is 11.4 Å². The van der Waals surface area contributed by atoms with Gasteiger partial charge in [-0.1, -0.05) is 13.0 Å². The number of hydrogen-bond donors (Lipinski definition) is 3. The summed E-state index contributed by atoms with van der Waals surface area (Å²) in [6.07, 6.45) is 0.366. The molecule has 0 saturated carbocycles. The number of rotatable bonds is 4. The van der Waals surface area contributed by atoms with Crippen molar-refractivity contribution in [2.24, 2.45) is 0 Å². The molecule has 0 fully saturated rings. The number of aryl methyl sites for hydroxylation is 2. The van der Waals surface area contributed by atoms with Crippen LogP contribution >= 0.6 is 0 Å². The van der Waals surface area contributed by atoms with Gasteiger partial charge in [0.25, 0.3) is 0 Å². The minimum absolute atomic E-state index is 0.0105. The first kappa shape index (κ1) is 15.2. The van der Waals surface area contributed by atoms with E-state index in [4.69, 9.17) is 5.21 Å². The summed E-state index contributed by atoms with van der Waals surface area (Å²) in [7, 11) is 0. The summed E-state index contributed by atoms with van der Waals surface area (Å²) in [6.45, 7) is 3.44. The van der Waals surface area contributed by atoms with Gasteiger partial charge in [0, 0.05) is 0 Å². The fourth-order valence-electron chi connectivity index (χ4n) is 2.06. The zero-order valence-corrected chi connectivity index (χ0v) is 11.6. The van der Waals surface area contributed by atoms with E-state index in [2.05, 4.69) is 5.32 Å². The molecule has 112 valence electrons. The SMILES string of the molecule is CCc1cc(F)c(F)c(Nc2ccc(C)cc2F)c1NO. The molecule has 0 aliphatic rings. The Kier molecular flexibility index (Phi) is 4.37. The Labute approximate surface area is 120 Å². The van der Waals surface area contributed by atoms with Gasteiger partial charge in [-0.3, -0.25) is 10.7 Å². The summed E-state index contributed by atoms with van der Waals surface area (Å²) in [5.41, 5.74) is 2.55. The lowest BCUT2D eigenvalue weighted by molar-refractivity contribution is 0.387. The topological polar surface area (TPSA) is 44.3 Å². The first-order chi connectivity index (χ1) is 9.97. The molecule has 3 nitrogen and oxygen atoms in total. The van der Waals surface area contributed by atoms with Gasteiger partial charge < -0.3 is 5.32 Å². The molecular weight excluding hydrogens is 281 g/mol. The fourth-order valence-corrected chi connectivity index (χ4v) is 2.06. The second-order valence-electron chi connectivity index (χ2n) is 4.66. The van der Waals surface area contributed by atoms with Gasteiger partial charge in [0.15, 0.2) is 11.6 Å². The smallest absolute Gasteiger partial charge is 0.184 e. The summed E-state index contributed by atoms with van der Waals surface area (Å²) < 4.78 is 41.4. The Bertz CT molecular complexity index is 674. The second-order valence-corrected chi connectivity index (χ2v) is 4.66. The third-order valence-corrected chi connectivity index (χ3v) is 3.18. The van der Waals surface area contributed by atoms with Crippen LogP contribution in [0.25, 0.3) is 0 Å². The molecule has 21 heavy (non-hydrogen) atoms. The summed E-state index contributed by atoms with van der Waals surface area (Å²) in [5, 5.41) is 11.7. The van der Waals surface area contributed by atoms with Crippen molar-refractivity contribution in [2.45, 2.75) is 20.3 Å². The van der Waals surface area contributed by atoms with Crippen molar-refractivity contribution in [3.8, 4) is 0 Å². The van der Waals surface area contributed by atoms with Crippen LogP contribution < -0.4 is 10.8 Å². The number of hydrogen-bond acceptors (Lipinski definition) is 3. The van der Waals surface area contributed by atoms with Gasteiger partial charge in [-0.15, -0.1) is 0 Å². The van der Waals surface area contributed by atoms with E-state index in [1.165, 1.54) is 12.1 Å². The summed E-state index contributed by atoms with van der Waals surface area (Å²) in [6, 6.07) is 5.31. The van der Waals surface area contributed by atoms with Gasteiger partial charge in [0.1, 0.15) is 11.5 Å². The molecule has 0 aromatic heterocycles. The van der Waals surface area contributed by atoms with E-state index in [0.29, 0.717) is 17.5 Å². The quantitative estimate of drug-likeness (QED) is 0.727. The monoisotopic (exact) mass is 296 g/mol. The number of nitrogens with one attached hydrogen (secondary N) is 2. The van der Waals surface area contributed by atoms with E-state index in [0.717, 1.165) is 6.07 Å². The maximum Gasteiger partial charge on any atom is 0.184 e. The molecule has 2 aromatic rings. The van der Waals surface area contributed by atoms with Gasteiger partial charge in [-0.2, -0.15) is 0 Å². The van der Waals surface area contributed by atoms with Crippen LogP contribution in [0, 0.1) is 24.4 Å². The molecule has 0 saturated heterocycles. The maximum atomic E-state index is 14.0. The van der Waals surface area contributed by atoms with Gasteiger partial charge in [0.2, 0.25) is 0 Å². The van der Waals surface area contributed by atoms with Gasteiger partial charge in [-0.25, -0.2) is 13.2 Å². The lowest BCUT2D eigenvalue weighted by Crippen LogP contribution is -2.07. The molecule has 0 atom stereocenters. The fraction of sp³-hybridized carbons (Fsp3) is 0.200. The van der Waals surface area contributed by atoms with E-state index in [1.54, 1.807) is 19.9 Å². The van der Waals surface area contributed by atoms with E-state index in [1.807, 2.05) is 5.48 Å². The van der Waals surface area contributed by atoms with Crippen molar-refractivity contribution < 1.29 is 18.4 Å².